The van der Waals surface area contributed by atoms with Gasteiger partial charge in [0.05, 0.1) is 0 Å². The van der Waals surface area contributed by atoms with E-state index in [-0.39, 0.29) is 18.2 Å². The Bertz CT molecular complexity index is 818. The second-order valence-corrected chi connectivity index (χ2v) is 7.84. The number of benzene rings is 1. The maximum Gasteiger partial charge on any atom is 0.326 e. The number of rotatable bonds is 9. The molecule has 1 aliphatic rings. The van der Waals surface area contributed by atoms with Crippen molar-refractivity contribution in [1.82, 2.24) is 10.3 Å². The summed E-state index contributed by atoms with van der Waals surface area (Å²) in [6.45, 7) is 1.08. The summed E-state index contributed by atoms with van der Waals surface area (Å²) in [4.78, 5) is 28.2. The first-order valence-electron chi connectivity index (χ1n) is 10.4. The third-order valence-corrected chi connectivity index (χ3v) is 5.68. The molecule has 4 N–H and O–H groups in total. The van der Waals surface area contributed by atoms with Crippen LogP contribution >= 0.6 is 0 Å². The first kappa shape index (κ1) is 21.8. The fraction of sp³-hybridized carbons (Fsp3) is 0.435. The lowest BCUT2D eigenvalue weighted by Crippen LogP contribution is -2.45. The molecular formula is C23H29N3O4. The van der Waals surface area contributed by atoms with Crippen molar-refractivity contribution >= 4 is 11.9 Å². The minimum Gasteiger partial charge on any atom is -0.489 e. The smallest absolute Gasteiger partial charge is 0.326 e. The quantitative estimate of drug-likeness (QED) is 0.584. The largest absolute Gasteiger partial charge is 0.489 e. The summed E-state index contributed by atoms with van der Waals surface area (Å²) in [5, 5.41) is 12.3. The molecule has 3 rings (SSSR count). The SMILES string of the molecule is NCC1CCC(C(=O)N[C@@H](Cc2ccc(OCc3ccncc3)cc2)C(=O)O)CC1. The summed E-state index contributed by atoms with van der Waals surface area (Å²) in [5.41, 5.74) is 7.54. The Balaban J connectivity index is 1.52. The maximum atomic E-state index is 12.5. The number of pyridine rings is 1. The van der Waals surface area contributed by atoms with Gasteiger partial charge in [-0.05, 0) is 73.5 Å². The van der Waals surface area contributed by atoms with Crippen LogP contribution in [-0.4, -0.2) is 34.6 Å². The molecule has 160 valence electrons. The Morgan fingerprint density at radius 3 is 2.33 bits per heavy atom. The standard InChI is InChI=1S/C23H29N3O4/c24-14-17-1-5-19(6-2-17)22(27)26-21(23(28)29)13-16-3-7-20(8-4-16)30-15-18-9-11-25-12-10-18/h3-4,7-12,17,19,21H,1-2,5-6,13-15,24H2,(H,26,27)(H,28,29)/t17?,19?,21-/m0/s1. The molecule has 1 saturated carbocycles. The number of amides is 1. The average molecular weight is 412 g/mol. The van der Waals surface area contributed by atoms with E-state index < -0.39 is 12.0 Å². The molecule has 1 aliphatic carbocycles. The molecule has 0 spiro atoms. The van der Waals surface area contributed by atoms with Crippen LogP contribution in [-0.2, 0) is 22.6 Å². The molecule has 0 bridgehead atoms. The van der Waals surface area contributed by atoms with Gasteiger partial charge in [0.2, 0.25) is 5.91 Å². The molecule has 0 aliphatic heterocycles. The molecule has 1 heterocycles. The van der Waals surface area contributed by atoms with E-state index in [1.807, 2.05) is 36.4 Å². The van der Waals surface area contributed by atoms with Gasteiger partial charge in [-0.3, -0.25) is 9.78 Å². The number of hydrogen-bond donors (Lipinski definition) is 3. The van der Waals surface area contributed by atoms with E-state index in [2.05, 4.69) is 10.3 Å². The van der Waals surface area contributed by atoms with Crippen LogP contribution in [0.3, 0.4) is 0 Å². The third-order valence-electron chi connectivity index (χ3n) is 5.68. The summed E-state index contributed by atoms with van der Waals surface area (Å²) in [6.07, 6.45) is 7.04. The minimum absolute atomic E-state index is 0.126. The third kappa shape index (κ3) is 6.29. The normalized spacial score (nSPS) is 19.6. The van der Waals surface area contributed by atoms with Crippen molar-refractivity contribution in [3.8, 4) is 5.75 Å². The Kier molecular flexibility index (Phi) is 7.79. The minimum atomic E-state index is -1.03. The predicted octanol–water partition coefficient (Wildman–Crippen LogP) is 2.54. The van der Waals surface area contributed by atoms with E-state index >= 15 is 0 Å². The van der Waals surface area contributed by atoms with Crippen molar-refractivity contribution in [2.45, 2.75) is 44.8 Å². The molecule has 2 aromatic rings. The van der Waals surface area contributed by atoms with E-state index in [0.717, 1.165) is 36.8 Å². The van der Waals surface area contributed by atoms with Crippen molar-refractivity contribution in [3.05, 3.63) is 59.9 Å². The number of carbonyl (C=O) groups is 2. The number of nitrogens with one attached hydrogen (secondary N) is 1. The Morgan fingerprint density at radius 1 is 1.07 bits per heavy atom. The van der Waals surface area contributed by atoms with Gasteiger partial charge in [-0.1, -0.05) is 12.1 Å². The highest BCUT2D eigenvalue weighted by Gasteiger charge is 2.29. The van der Waals surface area contributed by atoms with Crippen molar-refractivity contribution in [3.63, 3.8) is 0 Å². The Labute approximate surface area is 176 Å². The number of carbonyl (C=O) groups excluding carboxylic acids is 1. The fourth-order valence-electron chi connectivity index (χ4n) is 3.75. The van der Waals surface area contributed by atoms with Gasteiger partial charge in [0.25, 0.3) is 0 Å². The van der Waals surface area contributed by atoms with Crippen molar-refractivity contribution in [1.29, 1.82) is 0 Å². The van der Waals surface area contributed by atoms with Crippen LogP contribution in [0.4, 0.5) is 0 Å². The van der Waals surface area contributed by atoms with Crippen molar-refractivity contribution < 1.29 is 19.4 Å². The van der Waals surface area contributed by atoms with Gasteiger partial charge in [-0.15, -0.1) is 0 Å². The van der Waals surface area contributed by atoms with Gasteiger partial charge in [-0.25, -0.2) is 4.79 Å². The van der Waals surface area contributed by atoms with Crippen LogP contribution in [0.1, 0.15) is 36.8 Å². The molecule has 1 amide bonds. The molecular weight excluding hydrogens is 382 g/mol. The lowest BCUT2D eigenvalue weighted by Gasteiger charge is -2.27. The molecule has 0 radical (unpaired) electrons. The highest BCUT2D eigenvalue weighted by molar-refractivity contribution is 5.85. The van der Waals surface area contributed by atoms with Crippen molar-refractivity contribution in [2.75, 3.05) is 6.54 Å². The topological polar surface area (TPSA) is 115 Å². The van der Waals surface area contributed by atoms with E-state index in [9.17, 15) is 14.7 Å². The molecule has 1 fully saturated rings. The van der Waals surface area contributed by atoms with Gasteiger partial charge in [-0.2, -0.15) is 0 Å². The van der Waals surface area contributed by atoms with Gasteiger partial charge in [0.1, 0.15) is 18.4 Å². The number of ether oxygens (including phenoxy) is 1. The van der Waals surface area contributed by atoms with Crippen LogP contribution in [0.5, 0.6) is 5.75 Å². The van der Waals surface area contributed by atoms with Crippen LogP contribution in [0.25, 0.3) is 0 Å². The number of aromatic nitrogens is 1. The number of carboxylic acid groups (broad SMARTS) is 1. The van der Waals surface area contributed by atoms with E-state index in [1.54, 1.807) is 12.4 Å². The summed E-state index contributed by atoms with van der Waals surface area (Å²) < 4.78 is 5.74. The summed E-state index contributed by atoms with van der Waals surface area (Å²) in [5.74, 6) is -0.155. The Hall–Kier alpha value is -2.93. The highest BCUT2D eigenvalue weighted by Crippen LogP contribution is 2.28. The number of nitrogens with two attached hydrogens (primary N) is 1. The number of aliphatic carboxylic acids is 1. The first-order valence-corrected chi connectivity index (χ1v) is 10.4. The number of nitrogens with zero attached hydrogens (tertiary/aromatic N) is 1. The zero-order valence-electron chi connectivity index (χ0n) is 17.0. The lowest BCUT2D eigenvalue weighted by molar-refractivity contribution is -0.142. The van der Waals surface area contributed by atoms with Crippen LogP contribution < -0.4 is 15.8 Å². The molecule has 7 nitrogen and oxygen atoms in total. The molecule has 1 aromatic heterocycles. The predicted molar refractivity (Wildman–Crippen MR) is 113 cm³/mol. The van der Waals surface area contributed by atoms with Crippen LogP contribution in [0.2, 0.25) is 0 Å². The summed E-state index contributed by atoms with van der Waals surface area (Å²) in [6, 6.07) is 10.1. The Morgan fingerprint density at radius 2 is 1.73 bits per heavy atom. The molecule has 1 aromatic carbocycles. The molecule has 0 unspecified atom stereocenters. The average Bonchev–Trinajstić information content (AvgIpc) is 2.78. The molecule has 0 saturated heterocycles. The molecule has 30 heavy (non-hydrogen) atoms. The molecule has 1 atom stereocenters. The summed E-state index contributed by atoms with van der Waals surface area (Å²) >= 11 is 0. The van der Waals surface area contributed by atoms with Gasteiger partial charge in [0.15, 0.2) is 0 Å². The second kappa shape index (κ2) is 10.7. The van der Waals surface area contributed by atoms with Crippen molar-refractivity contribution in [2.24, 2.45) is 17.6 Å². The fourth-order valence-corrected chi connectivity index (χ4v) is 3.75. The van der Waals surface area contributed by atoms with E-state index in [4.69, 9.17) is 10.5 Å². The highest BCUT2D eigenvalue weighted by atomic mass is 16.5. The zero-order chi connectivity index (χ0) is 21.3. The second-order valence-electron chi connectivity index (χ2n) is 7.84. The van der Waals surface area contributed by atoms with E-state index in [0.29, 0.717) is 24.8 Å². The number of hydrogen-bond acceptors (Lipinski definition) is 5. The van der Waals surface area contributed by atoms with Gasteiger partial charge < -0.3 is 20.9 Å². The first-order chi connectivity index (χ1) is 14.5. The number of carboxylic acids is 1. The summed E-state index contributed by atoms with van der Waals surface area (Å²) in [7, 11) is 0. The van der Waals surface area contributed by atoms with E-state index in [1.165, 1.54) is 0 Å². The lowest BCUT2D eigenvalue weighted by atomic mass is 9.81. The van der Waals surface area contributed by atoms with Crippen LogP contribution in [0, 0.1) is 11.8 Å². The zero-order valence-corrected chi connectivity index (χ0v) is 17.0. The van der Waals surface area contributed by atoms with Gasteiger partial charge >= 0.3 is 5.97 Å². The maximum absolute atomic E-state index is 12.5. The monoisotopic (exact) mass is 411 g/mol. The van der Waals surface area contributed by atoms with Gasteiger partial charge in [0, 0.05) is 24.7 Å². The molecule has 7 heteroatoms. The van der Waals surface area contributed by atoms with Crippen LogP contribution in [0.15, 0.2) is 48.8 Å².